The van der Waals surface area contributed by atoms with Gasteiger partial charge in [0.2, 0.25) is 11.9 Å². The Morgan fingerprint density at radius 2 is 1.85 bits per heavy atom. The first-order chi connectivity index (χ1) is 13.2. The smallest absolute Gasteiger partial charge is 0.246 e. The molecule has 3 aliphatic rings. The zero-order chi connectivity index (χ0) is 18.9. The van der Waals surface area contributed by atoms with Crippen LogP contribution in [0.25, 0.3) is 0 Å². The minimum absolute atomic E-state index is 0.198. The molecule has 2 heterocycles. The minimum Gasteiger partial charge on any atom is -0.495 e. The summed E-state index contributed by atoms with van der Waals surface area (Å²) in [6.45, 7) is 3.18. The number of aliphatic imine (C=N–C) groups is 1. The molecule has 7 heteroatoms. The van der Waals surface area contributed by atoms with E-state index >= 15 is 0 Å². The number of anilines is 1. The van der Waals surface area contributed by atoms with Crippen molar-refractivity contribution in [2.24, 2.45) is 10.9 Å². The van der Waals surface area contributed by atoms with Crippen molar-refractivity contribution < 1.29 is 9.53 Å². The summed E-state index contributed by atoms with van der Waals surface area (Å²) in [6, 6.07) is 10.2. The van der Waals surface area contributed by atoms with Gasteiger partial charge in [0.15, 0.2) is 5.92 Å². The number of amides is 1. The Kier molecular flexibility index (Phi) is 4.65. The average molecular weight is 367 g/mol. The highest BCUT2D eigenvalue weighted by Gasteiger charge is 2.49. The van der Waals surface area contributed by atoms with Crippen molar-refractivity contribution in [1.29, 1.82) is 5.26 Å². The molecule has 2 aliphatic heterocycles. The maximum Gasteiger partial charge on any atom is 0.246 e. The Balaban J connectivity index is 1.50. The molecule has 27 heavy (non-hydrogen) atoms. The van der Waals surface area contributed by atoms with Gasteiger partial charge in [0.05, 0.1) is 24.4 Å². The van der Waals surface area contributed by atoms with Gasteiger partial charge in [-0.1, -0.05) is 25.0 Å². The zero-order valence-corrected chi connectivity index (χ0v) is 15.6. The van der Waals surface area contributed by atoms with Crippen molar-refractivity contribution in [3.63, 3.8) is 0 Å². The highest BCUT2D eigenvalue weighted by molar-refractivity contribution is 6.02. The molecule has 1 spiro atoms. The standard InChI is InChI=1S/C20H25N5O2/c1-27-17-7-3-2-6-16(17)24-10-12-25(13-11-24)19-22-18(26)15(14-21)20(23-19)8-4-5-9-20/h2-3,6-7,15H,4-5,8-13H2,1H3,(H,22,23,26)/t15-/m1/s1. The van der Waals surface area contributed by atoms with E-state index in [1.165, 1.54) is 0 Å². The Morgan fingerprint density at radius 1 is 1.19 bits per heavy atom. The van der Waals surface area contributed by atoms with Gasteiger partial charge >= 0.3 is 0 Å². The first-order valence-corrected chi connectivity index (χ1v) is 9.60. The van der Waals surface area contributed by atoms with Crippen LogP contribution in [0.3, 0.4) is 0 Å². The van der Waals surface area contributed by atoms with Crippen LogP contribution in [-0.2, 0) is 4.79 Å². The first kappa shape index (κ1) is 17.7. The van der Waals surface area contributed by atoms with Gasteiger partial charge in [-0.25, -0.2) is 4.99 Å². The van der Waals surface area contributed by atoms with Gasteiger partial charge in [-0.15, -0.1) is 0 Å². The first-order valence-electron chi connectivity index (χ1n) is 9.60. The highest BCUT2D eigenvalue weighted by atomic mass is 16.5. The second-order valence-corrected chi connectivity index (χ2v) is 7.44. The van der Waals surface area contributed by atoms with Crippen LogP contribution in [0.15, 0.2) is 29.3 Å². The normalized spacial score (nSPS) is 24.4. The summed E-state index contributed by atoms with van der Waals surface area (Å²) in [4.78, 5) is 21.9. The fraction of sp³-hybridized carbons (Fsp3) is 0.550. The molecule has 1 amide bonds. The SMILES string of the molecule is COc1ccccc1N1CCN(C2=NC3(CCCC3)[C@H](C#N)C(=O)N2)CC1. The molecule has 1 atom stereocenters. The van der Waals surface area contributed by atoms with E-state index in [0.717, 1.165) is 63.3 Å². The Morgan fingerprint density at radius 3 is 2.52 bits per heavy atom. The number of nitriles is 1. The molecule has 2 fully saturated rings. The van der Waals surface area contributed by atoms with E-state index in [1.807, 2.05) is 18.2 Å². The number of para-hydroxylation sites is 2. The van der Waals surface area contributed by atoms with Gasteiger partial charge in [0, 0.05) is 26.2 Å². The Labute approximate surface area is 159 Å². The lowest BCUT2D eigenvalue weighted by Crippen LogP contribution is -2.59. The number of guanidine groups is 1. The number of nitrogens with zero attached hydrogens (tertiary/aromatic N) is 4. The minimum atomic E-state index is -0.668. The van der Waals surface area contributed by atoms with Gasteiger partial charge in [-0.05, 0) is 25.0 Å². The van der Waals surface area contributed by atoms with Crippen LogP contribution in [0.5, 0.6) is 5.75 Å². The molecule has 1 saturated heterocycles. The summed E-state index contributed by atoms with van der Waals surface area (Å²) in [7, 11) is 1.69. The number of carbonyl (C=O) groups is 1. The maximum atomic E-state index is 12.5. The molecule has 0 radical (unpaired) electrons. The van der Waals surface area contributed by atoms with Crippen molar-refractivity contribution in [3.05, 3.63) is 24.3 Å². The number of methoxy groups -OCH3 is 1. The van der Waals surface area contributed by atoms with Gasteiger partial charge in [0.25, 0.3) is 0 Å². The number of hydrogen-bond donors (Lipinski definition) is 1. The molecule has 0 bridgehead atoms. The quantitative estimate of drug-likeness (QED) is 0.861. The molecule has 1 aromatic carbocycles. The summed E-state index contributed by atoms with van der Waals surface area (Å²) in [5.74, 6) is 0.652. The van der Waals surface area contributed by atoms with Crippen LogP contribution in [0.2, 0.25) is 0 Å². The summed E-state index contributed by atoms with van der Waals surface area (Å²) in [6.07, 6.45) is 3.71. The predicted molar refractivity (Wildman–Crippen MR) is 103 cm³/mol. The van der Waals surface area contributed by atoms with Crippen LogP contribution in [0.1, 0.15) is 25.7 Å². The molecule has 1 aliphatic carbocycles. The van der Waals surface area contributed by atoms with Gasteiger partial charge in [0.1, 0.15) is 5.75 Å². The van der Waals surface area contributed by atoms with E-state index in [4.69, 9.17) is 9.73 Å². The number of hydrogen-bond acceptors (Lipinski definition) is 6. The molecule has 1 aromatic rings. The number of ether oxygens (including phenoxy) is 1. The highest BCUT2D eigenvalue weighted by Crippen LogP contribution is 2.41. The van der Waals surface area contributed by atoms with Crippen molar-refractivity contribution in [2.45, 2.75) is 31.2 Å². The number of carbonyl (C=O) groups excluding carboxylic acids is 1. The summed E-state index contributed by atoms with van der Waals surface area (Å²) >= 11 is 0. The van der Waals surface area contributed by atoms with Crippen LogP contribution in [-0.4, -0.2) is 55.6 Å². The lowest BCUT2D eigenvalue weighted by atomic mass is 9.82. The maximum absolute atomic E-state index is 12.5. The van der Waals surface area contributed by atoms with Gasteiger partial charge in [-0.2, -0.15) is 5.26 Å². The van der Waals surface area contributed by atoms with Crippen molar-refractivity contribution >= 4 is 17.6 Å². The summed E-state index contributed by atoms with van der Waals surface area (Å²) in [5.41, 5.74) is 0.567. The van der Waals surface area contributed by atoms with E-state index in [0.29, 0.717) is 5.96 Å². The van der Waals surface area contributed by atoms with Crippen LogP contribution in [0.4, 0.5) is 5.69 Å². The number of nitrogens with one attached hydrogen (secondary N) is 1. The van der Waals surface area contributed by atoms with E-state index in [2.05, 4.69) is 27.3 Å². The largest absolute Gasteiger partial charge is 0.495 e. The van der Waals surface area contributed by atoms with Crippen LogP contribution >= 0.6 is 0 Å². The third-order valence-corrected chi connectivity index (χ3v) is 5.97. The molecule has 4 rings (SSSR count). The van der Waals surface area contributed by atoms with Crippen LogP contribution < -0.4 is 15.0 Å². The summed E-state index contributed by atoms with van der Waals surface area (Å²) < 4.78 is 5.48. The van der Waals surface area contributed by atoms with Gasteiger partial charge < -0.3 is 14.5 Å². The molecule has 1 N–H and O–H groups in total. The average Bonchev–Trinajstić information content (AvgIpc) is 3.16. The Hall–Kier alpha value is -2.75. The molecule has 0 aromatic heterocycles. The van der Waals surface area contributed by atoms with Crippen molar-refractivity contribution in [2.75, 3.05) is 38.2 Å². The lowest BCUT2D eigenvalue weighted by molar-refractivity contribution is -0.124. The second-order valence-electron chi connectivity index (χ2n) is 7.44. The molecule has 7 nitrogen and oxygen atoms in total. The fourth-order valence-corrected chi connectivity index (χ4v) is 4.50. The van der Waals surface area contributed by atoms with E-state index in [1.54, 1.807) is 7.11 Å². The molecular formula is C20H25N5O2. The summed E-state index contributed by atoms with van der Waals surface area (Å²) in [5, 5.41) is 12.4. The zero-order valence-electron chi connectivity index (χ0n) is 15.6. The number of benzene rings is 1. The van der Waals surface area contributed by atoms with E-state index in [9.17, 15) is 10.1 Å². The second kappa shape index (κ2) is 7.10. The predicted octanol–water partition coefficient (Wildman–Crippen LogP) is 1.76. The van der Waals surface area contributed by atoms with Gasteiger partial charge in [-0.3, -0.25) is 10.1 Å². The third-order valence-electron chi connectivity index (χ3n) is 5.97. The lowest BCUT2D eigenvalue weighted by Gasteiger charge is -2.41. The monoisotopic (exact) mass is 367 g/mol. The van der Waals surface area contributed by atoms with E-state index < -0.39 is 11.5 Å². The number of rotatable bonds is 2. The third kappa shape index (κ3) is 3.09. The Bertz CT molecular complexity index is 786. The van der Waals surface area contributed by atoms with Crippen LogP contribution in [0, 0.1) is 17.2 Å². The fourth-order valence-electron chi connectivity index (χ4n) is 4.50. The van der Waals surface area contributed by atoms with Crippen molar-refractivity contribution in [1.82, 2.24) is 10.2 Å². The molecule has 142 valence electrons. The number of piperazine rings is 1. The molecule has 0 unspecified atom stereocenters. The van der Waals surface area contributed by atoms with Crippen molar-refractivity contribution in [3.8, 4) is 11.8 Å². The van der Waals surface area contributed by atoms with E-state index in [-0.39, 0.29) is 5.91 Å². The topological polar surface area (TPSA) is 81.0 Å². The molecule has 1 saturated carbocycles. The molecular weight excluding hydrogens is 342 g/mol.